The first-order chi connectivity index (χ1) is 9.52. The molecular formula is C12H14F4N2O2S. The highest BCUT2D eigenvalue weighted by Crippen LogP contribution is 2.36. The third-order valence-corrected chi connectivity index (χ3v) is 5.21. The van der Waals surface area contributed by atoms with E-state index in [1.807, 2.05) is 0 Å². The molecule has 118 valence electrons. The highest BCUT2D eigenvalue weighted by molar-refractivity contribution is 7.89. The number of sulfonamides is 1. The maximum atomic E-state index is 13.3. The lowest BCUT2D eigenvalue weighted by atomic mass is 10.2. The van der Waals surface area contributed by atoms with Crippen molar-refractivity contribution in [1.82, 2.24) is 4.31 Å². The van der Waals surface area contributed by atoms with Gasteiger partial charge in [-0.25, -0.2) is 12.8 Å². The van der Waals surface area contributed by atoms with Crippen molar-refractivity contribution in [3.05, 3.63) is 23.5 Å². The molecule has 9 heteroatoms. The lowest BCUT2D eigenvalue weighted by Crippen LogP contribution is -2.40. The van der Waals surface area contributed by atoms with Crippen molar-refractivity contribution in [3.63, 3.8) is 0 Å². The number of benzene rings is 1. The minimum Gasteiger partial charge on any atom is -0.396 e. The van der Waals surface area contributed by atoms with E-state index in [-0.39, 0.29) is 5.56 Å². The molecule has 1 saturated carbocycles. The maximum absolute atomic E-state index is 13.3. The first-order valence-electron chi connectivity index (χ1n) is 6.16. The summed E-state index contributed by atoms with van der Waals surface area (Å²) in [5.41, 5.74) is 4.93. The van der Waals surface area contributed by atoms with Gasteiger partial charge in [0.2, 0.25) is 10.0 Å². The second-order valence-corrected chi connectivity index (χ2v) is 6.89. The highest BCUT2D eigenvalue weighted by Gasteiger charge is 2.45. The fourth-order valence-corrected chi connectivity index (χ4v) is 3.94. The average molecular weight is 326 g/mol. The Morgan fingerprint density at radius 3 is 2.38 bits per heavy atom. The fourth-order valence-electron chi connectivity index (χ4n) is 2.02. The normalized spacial score (nSPS) is 16.5. The minimum atomic E-state index is -4.64. The van der Waals surface area contributed by atoms with Crippen molar-refractivity contribution in [2.75, 3.05) is 12.3 Å². The molecule has 0 radical (unpaired) electrons. The zero-order valence-electron chi connectivity index (χ0n) is 11.1. The van der Waals surface area contributed by atoms with Crippen molar-refractivity contribution in [1.29, 1.82) is 0 Å². The van der Waals surface area contributed by atoms with E-state index >= 15 is 0 Å². The van der Waals surface area contributed by atoms with Gasteiger partial charge in [0, 0.05) is 6.04 Å². The number of halogens is 4. The molecule has 0 unspecified atom stereocenters. The summed E-state index contributed by atoms with van der Waals surface area (Å²) in [5, 5.41) is 0. The standard InChI is InChI=1S/C12H14F4N2O2S/c1-7-4-9(13)10(17)5-11(7)21(19,20)18(8-2-3-8)6-12(14,15)16/h4-5,8H,2-3,6,17H2,1H3. The van der Waals surface area contributed by atoms with Crippen LogP contribution in [0.5, 0.6) is 0 Å². The Labute approximate surface area is 119 Å². The summed E-state index contributed by atoms with van der Waals surface area (Å²) in [6.45, 7) is -0.245. The van der Waals surface area contributed by atoms with E-state index in [1.54, 1.807) is 0 Å². The van der Waals surface area contributed by atoms with Gasteiger partial charge in [-0.1, -0.05) is 0 Å². The molecule has 1 aliphatic rings. The number of anilines is 1. The Kier molecular flexibility index (Phi) is 3.92. The van der Waals surface area contributed by atoms with Crippen molar-refractivity contribution < 1.29 is 26.0 Å². The lowest BCUT2D eigenvalue weighted by molar-refractivity contribution is -0.137. The van der Waals surface area contributed by atoms with Crippen LogP contribution in [0.1, 0.15) is 18.4 Å². The Balaban J connectivity index is 2.46. The van der Waals surface area contributed by atoms with Gasteiger partial charge in [-0.2, -0.15) is 17.5 Å². The van der Waals surface area contributed by atoms with Gasteiger partial charge in [-0.05, 0) is 37.5 Å². The lowest BCUT2D eigenvalue weighted by Gasteiger charge is -2.24. The number of hydrogen-bond donors (Lipinski definition) is 1. The Morgan fingerprint density at radius 2 is 1.90 bits per heavy atom. The molecule has 0 atom stereocenters. The Morgan fingerprint density at radius 1 is 1.33 bits per heavy atom. The van der Waals surface area contributed by atoms with E-state index in [1.165, 1.54) is 6.92 Å². The Bertz CT molecular complexity index is 654. The van der Waals surface area contributed by atoms with Gasteiger partial charge < -0.3 is 5.73 Å². The van der Waals surface area contributed by atoms with Crippen LogP contribution in [0, 0.1) is 12.7 Å². The highest BCUT2D eigenvalue weighted by atomic mass is 32.2. The predicted octanol–water partition coefficient (Wildman–Crippen LogP) is 2.43. The predicted molar refractivity (Wildman–Crippen MR) is 68.5 cm³/mol. The first kappa shape index (κ1) is 16.0. The van der Waals surface area contributed by atoms with E-state index in [9.17, 15) is 26.0 Å². The number of nitrogens with zero attached hydrogens (tertiary/aromatic N) is 1. The molecule has 0 aliphatic heterocycles. The van der Waals surface area contributed by atoms with E-state index in [0.29, 0.717) is 17.1 Å². The van der Waals surface area contributed by atoms with Gasteiger partial charge in [-0.15, -0.1) is 0 Å². The summed E-state index contributed by atoms with van der Waals surface area (Å²) in [4.78, 5) is -0.391. The fraction of sp³-hybridized carbons (Fsp3) is 0.500. The van der Waals surface area contributed by atoms with E-state index in [4.69, 9.17) is 5.73 Å². The number of nitrogen functional groups attached to an aromatic ring is 1. The second-order valence-electron chi connectivity index (χ2n) is 5.04. The summed E-state index contributed by atoms with van der Waals surface area (Å²) in [6.07, 6.45) is -3.88. The van der Waals surface area contributed by atoms with Crippen LogP contribution >= 0.6 is 0 Å². The number of hydrogen-bond acceptors (Lipinski definition) is 3. The Hall–Kier alpha value is -1.35. The van der Waals surface area contributed by atoms with Crippen LogP contribution in [-0.4, -0.2) is 31.5 Å². The van der Waals surface area contributed by atoms with Crippen LogP contribution in [0.3, 0.4) is 0 Å². The van der Waals surface area contributed by atoms with Crippen molar-refractivity contribution in [3.8, 4) is 0 Å². The molecule has 0 bridgehead atoms. The molecule has 2 N–H and O–H groups in total. The smallest absolute Gasteiger partial charge is 0.396 e. The summed E-state index contributed by atoms with van der Waals surface area (Å²) in [7, 11) is -4.37. The van der Waals surface area contributed by atoms with Crippen LogP contribution in [-0.2, 0) is 10.0 Å². The molecule has 2 rings (SSSR count). The van der Waals surface area contributed by atoms with Crippen LogP contribution in [0.15, 0.2) is 17.0 Å². The molecule has 1 aliphatic carbocycles. The quantitative estimate of drug-likeness (QED) is 0.683. The van der Waals surface area contributed by atoms with Crippen LogP contribution in [0.4, 0.5) is 23.2 Å². The first-order valence-corrected chi connectivity index (χ1v) is 7.60. The van der Waals surface area contributed by atoms with Gasteiger partial charge in [0.1, 0.15) is 12.4 Å². The van der Waals surface area contributed by atoms with E-state index < -0.39 is 45.2 Å². The van der Waals surface area contributed by atoms with Crippen molar-refractivity contribution >= 4 is 15.7 Å². The summed E-state index contributed by atoms with van der Waals surface area (Å²) in [6, 6.07) is 1.11. The molecule has 1 aromatic rings. The summed E-state index contributed by atoms with van der Waals surface area (Å²) >= 11 is 0. The van der Waals surface area contributed by atoms with Gasteiger partial charge in [0.05, 0.1) is 10.6 Å². The molecule has 4 nitrogen and oxygen atoms in total. The third kappa shape index (κ3) is 3.46. The van der Waals surface area contributed by atoms with Crippen LogP contribution < -0.4 is 5.73 Å². The second kappa shape index (κ2) is 5.13. The monoisotopic (exact) mass is 326 g/mol. The molecule has 0 saturated heterocycles. The van der Waals surface area contributed by atoms with E-state index in [0.717, 1.165) is 12.1 Å². The van der Waals surface area contributed by atoms with Crippen LogP contribution in [0.2, 0.25) is 0 Å². The topological polar surface area (TPSA) is 63.4 Å². The van der Waals surface area contributed by atoms with Gasteiger partial charge in [-0.3, -0.25) is 0 Å². The molecule has 21 heavy (non-hydrogen) atoms. The molecular weight excluding hydrogens is 312 g/mol. The average Bonchev–Trinajstić information content (AvgIpc) is 3.13. The minimum absolute atomic E-state index is 0.0227. The summed E-state index contributed by atoms with van der Waals surface area (Å²) < 4.78 is 76.3. The molecule has 0 spiro atoms. The SMILES string of the molecule is Cc1cc(F)c(N)cc1S(=O)(=O)N(CC(F)(F)F)C1CC1. The van der Waals surface area contributed by atoms with Gasteiger partial charge in [0.15, 0.2) is 0 Å². The van der Waals surface area contributed by atoms with Crippen molar-refractivity contribution in [2.24, 2.45) is 0 Å². The number of nitrogens with two attached hydrogens (primary N) is 1. The largest absolute Gasteiger partial charge is 0.402 e. The summed E-state index contributed by atoms with van der Waals surface area (Å²) in [5.74, 6) is -0.805. The van der Waals surface area contributed by atoms with Gasteiger partial charge in [0.25, 0.3) is 0 Å². The molecule has 0 aromatic heterocycles. The number of rotatable bonds is 4. The molecule has 1 fully saturated rings. The molecule has 0 amide bonds. The third-order valence-electron chi connectivity index (χ3n) is 3.17. The van der Waals surface area contributed by atoms with Crippen LogP contribution in [0.25, 0.3) is 0 Å². The number of aryl methyl sites for hydroxylation is 1. The number of alkyl halides is 3. The molecule has 1 aromatic carbocycles. The van der Waals surface area contributed by atoms with E-state index in [2.05, 4.69) is 0 Å². The van der Waals surface area contributed by atoms with Crippen molar-refractivity contribution in [2.45, 2.75) is 36.9 Å². The maximum Gasteiger partial charge on any atom is 0.402 e. The zero-order valence-corrected chi connectivity index (χ0v) is 11.9. The molecule has 0 heterocycles. The van der Waals surface area contributed by atoms with Gasteiger partial charge >= 0.3 is 6.18 Å². The zero-order chi connectivity index (χ0) is 16.0.